The highest BCUT2D eigenvalue weighted by molar-refractivity contribution is 9.11. The lowest BCUT2D eigenvalue weighted by molar-refractivity contribution is -0.120. The van der Waals surface area contributed by atoms with Crippen molar-refractivity contribution in [2.24, 2.45) is 5.92 Å². The minimum atomic E-state index is 0.0411. The van der Waals surface area contributed by atoms with Crippen molar-refractivity contribution in [3.8, 4) is 0 Å². The molecule has 0 fully saturated rings. The summed E-state index contributed by atoms with van der Waals surface area (Å²) in [5.41, 5.74) is 0. The van der Waals surface area contributed by atoms with E-state index < -0.39 is 0 Å². The second kappa shape index (κ2) is 8.00. The molecular weight excluding hydrogens is 244 g/mol. The van der Waals surface area contributed by atoms with Crippen molar-refractivity contribution in [1.29, 1.82) is 0 Å². The fourth-order valence-electron chi connectivity index (χ4n) is 0.874. The van der Waals surface area contributed by atoms with Crippen molar-refractivity contribution >= 4 is 21.8 Å². The topological polar surface area (TPSA) is 41.1 Å². The molecule has 0 aromatic rings. The highest BCUT2D eigenvalue weighted by Gasteiger charge is 2.00. The van der Waals surface area contributed by atoms with Crippen molar-refractivity contribution in [2.75, 3.05) is 19.6 Å². The first-order valence-corrected chi connectivity index (χ1v) is 5.62. The second-order valence-electron chi connectivity index (χ2n) is 3.65. The molecule has 14 heavy (non-hydrogen) atoms. The molecule has 0 rings (SSSR count). The second-order valence-corrected chi connectivity index (χ2v) is 4.77. The first-order chi connectivity index (χ1) is 6.52. The Morgan fingerprint density at radius 1 is 1.43 bits per heavy atom. The molecule has 0 aliphatic heterocycles. The van der Waals surface area contributed by atoms with E-state index in [0.717, 1.165) is 17.4 Å². The molecule has 0 radical (unpaired) electrons. The van der Waals surface area contributed by atoms with Gasteiger partial charge in [-0.05, 0) is 12.3 Å². The van der Waals surface area contributed by atoms with Gasteiger partial charge in [-0.1, -0.05) is 36.4 Å². The zero-order chi connectivity index (χ0) is 11.0. The van der Waals surface area contributed by atoms with Crippen LogP contribution in [0.1, 0.15) is 20.3 Å². The summed E-state index contributed by atoms with van der Waals surface area (Å²) in [6.07, 6.45) is 1.02. The summed E-state index contributed by atoms with van der Waals surface area (Å²) >= 11 is 3.21. The van der Waals surface area contributed by atoms with Gasteiger partial charge in [-0.3, -0.25) is 4.79 Å². The number of carbonyl (C=O) groups excluding carboxylic acids is 1. The molecule has 0 aromatic heterocycles. The largest absolute Gasteiger partial charge is 0.355 e. The third kappa shape index (κ3) is 9.74. The van der Waals surface area contributed by atoms with Crippen molar-refractivity contribution in [3.05, 3.63) is 11.1 Å². The smallest absolute Gasteiger partial charge is 0.233 e. The molecule has 0 saturated carbocycles. The summed E-state index contributed by atoms with van der Waals surface area (Å²) in [6, 6.07) is 0. The normalized spacial score (nSPS) is 10.3. The zero-order valence-electron chi connectivity index (χ0n) is 8.90. The van der Waals surface area contributed by atoms with Gasteiger partial charge in [0.15, 0.2) is 0 Å². The first-order valence-electron chi connectivity index (χ1n) is 4.83. The number of rotatable bonds is 7. The third-order valence-corrected chi connectivity index (χ3v) is 1.93. The molecule has 4 heteroatoms. The van der Waals surface area contributed by atoms with Crippen LogP contribution in [0.25, 0.3) is 0 Å². The van der Waals surface area contributed by atoms with Crippen LogP contribution in [0.3, 0.4) is 0 Å². The van der Waals surface area contributed by atoms with Gasteiger partial charge >= 0.3 is 0 Å². The van der Waals surface area contributed by atoms with E-state index in [1.54, 1.807) is 0 Å². The Labute approximate surface area is 94.5 Å². The van der Waals surface area contributed by atoms with E-state index in [0.29, 0.717) is 19.0 Å². The van der Waals surface area contributed by atoms with Gasteiger partial charge in [0, 0.05) is 17.6 Å². The Hall–Kier alpha value is -0.350. The predicted octanol–water partition coefficient (Wildman–Crippen LogP) is 1.65. The Balaban J connectivity index is 3.33. The van der Waals surface area contributed by atoms with Crippen molar-refractivity contribution in [2.45, 2.75) is 20.3 Å². The molecule has 0 spiro atoms. The van der Waals surface area contributed by atoms with Gasteiger partial charge in [-0.2, -0.15) is 0 Å². The highest BCUT2D eigenvalue weighted by Crippen LogP contribution is 1.96. The van der Waals surface area contributed by atoms with Crippen LogP contribution in [0.2, 0.25) is 0 Å². The first kappa shape index (κ1) is 13.7. The molecule has 0 aromatic carbocycles. The lowest BCUT2D eigenvalue weighted by Gasteiger charge is -2.07. The molecule has 82 valence electrons. The standard InChI is InChI=1S/C10H19BrN2O/c1-8(2)4-5-13-10(14)7-12-6-9(3)11/h8,12H,3-7H2,1-2H3,(H,13,14). The van der Waals surface area contributed by atoms with E-state index in [4.69, 9.17) is 0 Å². The zero-order valence-corrected chi connectivity index (χ0v) is 10.5. The molecule has 0 bridgehead atoms. The van der Waals surface area contributed by atoms with E-state index in [-0.39, 0.29) is 5.91 Å². The minimum Gasteiger partial charge on any atom is -0.355 e. The van der Waals surface area contributed by atoms with Crippen LogP contribution < -0.4 is 10.6 Å². The van der Waals surface area contributed by atoms with Crippen LogP contribution in [0.4, 0.5) is 0 Å². The van der Waals surface area contributed by atoms with Gasteiger partial charge in [-0.25, -0.2) is 0 Å². The summed E-state index contributed by atoms with van der Waals surface area (Å²) in [5, 5.41) is 5.81. The van der Waals surface area contributed by atoms with Crippen LogP contribution in [-0.2, 0) is 4.79 Å². The Morgan fingerprint density at radius 2 is 2.07 bits per heavy atom. The Morgan fingerprint density at radius 3 is 2.57 bits per heavy atom. The maximum absolute atomic E-state index is 11.2. The fourth-order valence-corrected chi connectivity index (χ4v) is 1.07. The third-order valence-electron chi connectivity index (χ3n) is 1.65. The maximum Gasteiger partial charge on any atom is 0.233 e. The Kier molecular flexibility index (Phi) is 7.80. The predicted molar refractivity (Wildman–Crippen MR) is 63.4 cm³/mol. The van der Waals surface area contributed by atoms with Gasteiger partial charge in [0.25, 0.3) is 0 Å². The van der Waals surface area contributed by atoms with Gasteiger partial charge in [0.1, 0.15) is 0 Å². The molecule has 0 unspecified atom stereocenters. The van der Waals surface area contributed by atoms with E-state index in [9.17, 15) is 4.79 Å². The summed E-state index contributed by atoms with van der Waals surface area (Å²) in [5.74, 6) is 0.671. The quantitative estimate of drug-likeness (QED) is 0.733. The van der Waals surface area contributed by atoms with E-state index in [1.165, 1.54) is 0 Å². The molecule has 0 saturated heterocycles. The van der Waals surface area contributed by atoms with Crippen LogP contribution in [-0.4, -0.2) is 25.5 Å². The molecule has 0 aliphatic carbocycles. The maximum atomic E-state index is 11.2. The summed E-state index contributed by atoms with van der Waals surface area (Å²) in [4.78, 5) is 11.2. The highest BCUT2D eigenvalue weighted by atomic mass is 79.9. The van der Waals surface area contributed by atoms with Crippen molar-refractivity contribution < 1.29 is 4.79 Å². The van der Waals surface area contributed by atoms with Gasteiger partial charge in [0.2, 0.25) is 5.91 Å². The van der Waals surface area contributed by atoms with Crippen LogP contribution in [0.5, 0.6) is 0 Å². The molecular formula is C10H19BrN2O. The number of amides is 1. The molecule has 0 heterocycles. The fraction of sp³-hybridized carbons (Fsp3) is 0.700. The van der Waals surface area contributed by atoms with Crippen LogP contribution in [0, 0.1) is 5.92 Å². The summed E-state index contributed by atoms with van der Waals surface area (Å²) < 4.78 is 0.854. The van der Waals surface area contributed by atoms with E-state index in [2.05, 4.69) is 47.0 Å². The molecule has 2 N–H and O–H groups in total. The number of halogens is 1. The van der Waals surface area contributed by atoms with Gasteiger partial charge in [-0.15, -0.1) is 0 Å². The summed E-state index contributed by atoms with van der Waals surface area (Å²) in [6.45, 7) is 9.67. The number of hydrogen-bond donors (Lipinski definition) is 2. The monoisotopic (exact) mass is 262 g/mol. The van der Waals surface area contributed by atoms with Gasteiger partial charge < -0.3 is 10.6 Å². The number of carbonyl (C=O) groups is 1. The van der Waals surface area contributed by atoms with E-state index >= 15 is 0 Å². The summed E-state index contributed by atoms with van der Waals surface area (Å²) in [7, 11) is 0. The van der Waals surface area contributed by atoms with Crippen LogP contribution in [0.15, 0.2) is 11.1 Å². The van der Waals surface area contributed by atoms with Crippen LogP contribution >= 0.6 is 15.9 Å². The molecule has 0 aliphatic rings. The van der Waals surface area contributed by atoms with Crippen molar-refractivity contribution in [1.82, 2.24) is 10.6 Å². The minimum absolute atomic E-state index is 0.0411. The SMILES string of the molecule is C=C(Br)CNCC(=O)NCCC(C)C. The average molecular weight is 263 g/mol. The van der Waals surface area contributed by atoms with E-state index in [1.807, 2.05) is 0 Å². The van der Waals surface area contributed by atoms with Gasteiger partial charge in [0.05, 0.1) is 6.54 Å². The van der Waals surface area contributed by atoms with Crippen molar-refractivity contribution in [3.63, 3.8) is 0 Å². The molecule has 3 nitrogen and oxygen atoms in total. The lowest BCUT2D eigenvalue weighted by atomic mass is 10.1. The number of nitrogens with one attached hydrogen (secondary N) is 2. The Bertz CT molecular complexity index is 193. The average Bonchev–Trinajstić information content (AvgIpc) is 2.02. The number of hydrogen-bond acceptors (Lipinski definition) is 2. The molecule has 1 amide bonds. The lowest BCUT2D eigenvalue weighted by Crippen LogP contribution is -2.35. The molecule has 0 atom stereocenters.